The second-order valence-corrected chi connectivity index (χ2v) is 5.32. The van der Waals surface area contributed by atoms with Gasteiger partial charge in [0.2, 0.25) is 0 Å². The van der Waals surface area contributed by atoms with Crippen LogP contribution in [0.25, 0.3) is 0 Å². The van der Waals surface area contributed by atoms with E-state index in [0.29, 0.717) is 23.4 Å². The van der Waals surface area contributed by atoms with Gasteiger partial charge < -0.3 is 16.2 Å². The molecule has 1 aliphatic carbocycles. The zero-order valence-electron chi connectivity index (χ0n) is 11.7. The molecule has 0 saturated heterocycles. The minimum absolute atomic E-state index is 0.270. The van der Waals surface area contributed by atoms with Gasteiger partial charge in [-0.3, -0.25) is 9.78 Å². The predicted octanol–water partition coefficient (Wildman–Crippen LogP) is 1.36. The number of nitrogens with zero attached hydrogens (tertiary/aromatic N) is 1. The molecule has 4 N–H and O–H groups in total. The van der Waals surface area contributed by atoms with E-state index < -0.39 is 12.1 Å². The van der Waals surface area contributed by atoms with Crippen LogP contribution in [0.2, 0.25) is 0 Å². The van der Waals surface area contributed by atoms with Crippen molar-refractivity contribution in [2.45, 2.75) is 25.5 Å². The van der Waals surface area contributed by atoms with E-state index in [0.717, 1.165) is 11.1 Å². The molecule has 0 unspecified atom stereocenters. The van der Waals surface area contributed by atoms with Gasteiger partial charge in [0.15, 0.2) is 0 Å². The van der Waals surface area contributed by atoms with Gasteiger partial charge in [0.05, 0.1) is 35.3 Å². The third kappa shape index (κ3) is 2.48. The van der Waals surface area contributed by atoms with Crippen molar-refractivity contribution in [3.63, 3.8) is 0 Å². The summed E-state index contributed by atoms with van der Waals surface area (Å²) in [6, 6.07) is 8.95. The number of hydrogen-bond donors (Lipinski definition) is 3. The molecular weight excluding hydrogens is 266 g/mol. The second-order valence-electron chi connectivity index (χ2n) is 5.32. The number of fused-ring (bicyclic) bond motifs is 1. The van der Waals surface area contributed by atoms with Gasteiger partial charge in [0.25, 0.3) is 5.91 Å². The Labute approximate surface area is 122 Å². The number of pyridine rings is 1. The summed E-state index contributed by atoms with van der Waals surface area (Å²) < 4.78 is 0. The Balaban J connectivity index is 1.87. The van der Waals surface area contributed by atoms with Crippen LogP contribution in [-0.4, -0.2) is 22.1 Å². The van der Waals surface area contributed by atoms with Crippen molar-refractivity contribution in [2.24, 2.45) is 0 Å². The normalized spacial score (nSPS) is 20.1. The highest BCUT2D eigenvalue weighted by atomic mass is 16.3. The average molecular weight is 283 g/mol. The number of rotatable bonds is 2. The van der Waals surface area contributed by atoms with Crippen LogP contribution in [0.15, 0.2) is 36.5 Å². The molecule has 21 heavy (non-hydrogen) atoms. The van der Waals surface area contributed by atoms with Crippen LogP contribution in [0.1, 0.15) is 33.2 Å². The summed E-state index contributed by atoms with van der Waals surface area (Å²) in [5.74, 6) is -0.270. The fourth-order valence-electron chi connectivity index (χ4n) is 2.75. The number of aromatic nitrogens is 1. The van der Waals surface area contributed by atoms with Crippen molar-refractivity contribution in [1.29, 1.82) is 0 Å². The maximum atomic E-state index is 12.4. The van der Waals surface area contributed by atoms with Crippen molar-refractivity contribution in [1.82, 2.24) is 10.3 Å². The Morgan fingerprint density at radius 1 is 1.43 bits per heavy atom. The first-order valence-electron chi connectivity index (χ1n) is 6.85. The monoisotopic (exact) mass is 283 g/mol. The zero-order valence-corrected chi connectivity index (χ0v) is 11.7. The van der Waals surface area contributed by atoms with E-state index in [1.807, 2.05) is 24.3 Å². The van der Waals surface area contributed by atoms with Crippen LogP contribution in [0.4, 0.5) is 5.69 Å². The third-order valence-electron chi connectivity index (χ3n) is 3.84. The Kier molecular flexibility index (Phi) is 3.35. The van der Waals surface area contributed by atoms with Gasteiger partial charge in [0, 0.05) is 6.42 Å². The lowest BCUT2D eigenvalue weighted by atomic mass is 10.1. The van der Waals surface area contributed by atoms with E-state index in [9.17, 15) is 9.90 Å². The van der Waals surface area contributed by atoms with E-state index in [2.05, 4.69) is 10.3 Å². The average Bonchev–Trinajstić information content (AvgIpc) is 2.78. The van der Waals surface area contributed by atoms with Crippen molar-refractivity contribution in [3.05, 3.63) is 58.9 Å². The standard InChI is InChI=1S/C16H17N3O2/c1-9-13(7-11(17)8-18-9)16(21)19-15-12-5-3-2-4-10(12)6-14(15)20/h2-5,7-8,14-15,20H,6,17H2,1H3,(H,19,21)/t14-,15+/m0/s1. The first-order chi connectivity index (χ1) is 10.1. The summed E-state index contributed by atoms with van der Waals surface area (Å²) in [7, 11) is 0. The largest absolute Gasteiger partial charge is 0.397 e. The van der Waals surface area contributed by atoms with Crippen molar-refractivity contribution >= 4 is 11.6 Å². The number of amides is 1. The molecule has 3 rings (SSSR count). The molecule has 1 aliphatic rings. The number of hydrogen-bond acceptors (Lipinski definition) is 4. The minimum atomic E-state index is -0.610. The molecule has 1 heterocycles. The molecule has 0 fully saturated rings. The second kappa shape index (κ2) is 5.18. The molecule has 0 radical (unpaired) electrons. The molecule has 5 heteroatoms. The summed E-state index contributed by atoms with van der Waals surface area (Å²) in [5, 5.41) is 13.1. The smallest absolute Gasteiger partial charge is 0.253 e. The van der Waals surface area contributed by atoms with E-state index in [-0.39, 0.29) is 5.91 Å². The summed E-state index contributed by atoms with van der Waals surface area (Å²) in [6.45, 7) is 1.76. The third-order valence-corrected chi connectivity index (χ3v) is 3.84. The highest BCUT2D eigenvalue weighted by molar-refractivity contribution is 5.96. The van der Waals surface area contributed by atoms with Crippen molar-refractivity contribution in [3.8, 4) is 0 Å². The van der Waals surface area contributed by atoms with Gasteiger partial charge in [0.1, 0.15) is 0 Å². The molecule has 5 nitrogen and oxygen atoms in total. The molecule has 1 amide bonds. The number of aliphatic hydroxyl groups excluding tert-OH is 1. The molecule has 0 bridgehead atoms. The van der Waals surface area contributed by atoms with Gasteiger partial charge in [-0.05, 0) is 24.1 Å². The van der Waals surface area contributed by atoms with Crippen molar-refractivity contribution in [2.75, 3.05) is 5.73 Å². The van der Waals surface area contributed by atoms with Crippen LogP contribution in [0.3, 0.4) is 0 Å². The molecule has 0 saturated carbocycles. The van der Waals surface area contributed by atoms with E-state index in [1.165, 1.54) is 6.20 Å². The first-order valence-corrected chi connectivity index (χ1v) is 6.85. The van der Waals surface area contributed by atoms with Gasteiger partial charge >= 0.3 is 0 Å². The summed E-state index contributed by atoms with van der Waals surface area (Å²) in [4.78, 5) is 16.5. The number of nitrogens with two attached hydrogens (primary N) is 1. The number of nitrogens with one attached hydrogen (secondary N) is 1. The van der Waals surface area contributed by atoms with Crippen LogP contribution in [-0.2, 0) is 6.42 Å². The highest BCUT2D eigenvalue weighted by Gasteiger charge is 2.32. The summed E-state index contributed by atoms with van der Waals surface area (Å²) in [6.07, 6.45) is 1.46. The highest BCUT2D eigenvalue weighted by Crippen LogP contribution is 2.31. The molecular formula is C16H17N3O2. The van der Waals surface area contributed by atoms with E-state index in [1.54, 1.807) is 13.0 Å². The Morgan fingerprint density at radius 3 is 3.00 bits per heavy atom. The number of carbonyl (C=O) groups is 1. The number of anilines is 1. The molecule has 2 atom stereocenters. The van der Waals surface area contributed by atoms with E-state index in [4.69, 9.17) is 5.73 Å². The number of benzene rings is 1. The summed E-state index contributed by atoms with van der Waals surface area (Å²) in [5.41, 5.74) is 9.21. The van der Waals surface area contributed by atoms with Crippen molar-refractivity contribution < 1.29 is 9.90 Å². The molecule has 1 aromatic carbocycles. The fourth-order valence-corrected chi connectivity index (χ4v) is 2.75. The van der Waals surface area contributed by atoms with Gasteiger partial charge in [-0.2, -0.15) is 0 Å². The predicted molar refractivity (Wildman–Crippen MR) is 79.7 cm³/mol. The number of aliphatic hydroxyl groups is 1. The first kappa shape index (κ1) is 13.6. The molecule has 1 aromatic heterocycles. The fraction of sp³-hybridized carbons (Fsp3) is 0.250. The maximum Gasteiger partial charge on any atom is 0.253 e. The zero-order chi connectivity index (χ0) is 15.0. The molecule has 2 aromatic rings. The number of carbonyl (C=O) groups excluding carboxylic acids is 1. The van der Waals surface area contributed by atoms with Gasteiger partial charge in [-0.15, -0.1) is 0 Å². The number of aryl methyl sites for hydroxylation is 1. The Morgan fingerprint density at radius 2 is 2.19 bits per heavy atom. The topological polar surface area (TPSA) is 88.2 Å². The Bertz CT molecular complexity index is 700. The molecule has 0 aliphatic heterocycles. The quantitative estimate of drug-likeness (QED) is 0.776. The van der Waals surface area contributed by atoms with Crippen LogP contribution in [0, 0.1) is 6.92 Å². The van der Waals surface area contributed by atoms with E-state index >= 15 is 0 Å². The minimum Gasteiger partial charge on any atom is -0.397 e. The molecule has 0 spiro atoms. The Hall–Kier alpha value is -2.40. The lowest BCUT2D eigenvalue weighted by Gasteiger charge is -2.18. The van der Waals surface area contributed by atoms with Crippen LogP contribution >= 0.6 is 0 Å². The van der Waals surface area contributed by atoms with Crippen LogP contribution < -0.4 is 11.1 Å². The maximum absolute atomic E-state index is 12.4. The van der Waals surface area contributed by atoms with Gasteiger partial charge in [-0.25, -0.2) is 0 Å². The van der Waals surface area contributed by atoms with Crippen LogP contribution in [0.5, 0.6) is 0 Å². The summed E-state index contributed by atoms with van der Waals surface area (Å²) >= 11 is 0. The lowest BCUT2D eigenvalue weighted by molar-refractivity contribution is 0.0857. The number of nitrogen functional groups attached to an aromatic ring is 1. The lowest BCUT2D eigenvalue weighted by Crippen LogP contribution is -2.34. The SMILES string of the molecule is Cc1ncc(N)cc1C(=O)N[C@@H]1c2ccccc2C[C@@H]1O. The van der Waals surface area contributed by atoms with Gasteiger partial charge in [-0.1, -0.05) is 24.3 Å². The molecule has 108 valence electrons.